The van der Waals surface area contributed by atoms with Gasteiger partial charge < -0.3 is 10.4 Å². The summed E-state index contributed by atoms with van der Waals surface area (Å²) in [5.41, 5.74) is 2.24. The number of carboxylic acids is 1. The monoisotopic (exact) mass is 221 g/mol. The first-order valence-electron chi connectivity index (χ1n) is 5.03. The Morgan fingerprint density at radius 3 is 2.19 bits per heavy atom. The number of hydrogen-bond acceptors (Lipinski definition) is 2. The number of carbonyl (C=O) groups excluding carboxylic acids is 1. The lowest BCUT2D eigenvalue weighted by atomic mass is 10.0. The van der Waals surface area contributed by atoms with Crippen molar-refractivity contribution in [2.75, 3.05) is 0 Å². The van der Waals surface area contributed by atoms with Crippen molar-refractivity contribution in [3.63, 3.8) is 0 Å². The maximum atomic E-state index is 11.8. The van der Waals surface area contributed by atoms with Gasteiger partial charge >= 0.3 is 5.97 Å². The lowest BCUT2D eigenvalue weighted by Gasteiger charge is -2.12. The molecule has 2 N–H and O–H groups in total. The number of nitrogens with one attached hydrogen (secondary N) is 1. The maximum absolute atomic E-state index is 11.8. The number of benzene rings is 1. The van der Waals surface area contributed by atoms with E-state index in [-0.39, 0.29) is 5.91 Å². The van der Waals surface area contributed by atoms with E-state index in [0.717, 1.165) is 11.1 Å². The minimum Gasteiger partial charge on any atom is -0.480 e. The number of carboxylic acid groups (broad SMARTS) is 1. The topological polar surface area (TPSA) is 66.4 Å². The predicted octanol–water partition coefficient (Wildman–Crippen LogP) is 1.51. The van der Waals surface area contributed by atoms with Crippen LogP contribution in [0, 0.1) is 13.8 Å². The number of aryl methyl sites for hydroxylation is 2. The molecular weight excluding hydrogens is 206 g/mol. The smallest absolute Gasteiger partial charge is 0.325 e. The molecule has 1 amide bonds. The van der Waals surface area contributed by atoms with Crippen LogP contribution in [0.15, 0.2) is 18.2 Å². The van der Waals surface area contributed by atoms with Crippen LogP contribution in [0.1, 0.15) is 28.4 Å². The number of hydrogen-bond donors (Lipinski definition) is 2. The molecule has 0 bridgehead atoms. The summed E-state index contributed by atoms with van der Waals surface area (Å²) in [5.74, 6) is -1.38. The molecule has 0 radical (unpaired) electrons. The Labute approximate surface area is 94.3 Å². The lowest BCUT2D eigenvalue weighted by Crippen LogP contribution is -2.38. The molecule has 86 valence electrons. The predicted molar refractivity (Wildman–Crippen MR) is 60.5 cm³/mol. The van der Waals surface area contributed by atoms with E-state index in [1.807, 2.05) is 32.0 Å². The molecule has 0 saturated carbocycles. The van der Waals surface area contributed by atoms with E-state index in [1.54, 1.807) is 0 Å². The fourth-order valence-electron chi connectivity index (χ4n) is 1.50. The molecule has 1 rings (SSSR count). The van der Waals surface area contributed by atoms with E-state index in [4.69, 9.17) is 5.11 Å². The van der Waals surface area contributed by atoms with Crippen molar-refractivity contribution in [2.24, 2.45) is 0 Å². The van der Waals surface area contributed by atoms with Gasteiger partial charge in [0.1, 0.15) is 6.04 Å². The standard InChI is InChI=1S/C12H15NO3/c1-7-5-4-6-8(2)10(7)11(14)13-9(3)12(15)16/h4-6,9H,1-3H3,(H,13,14)(H,15,16). The second kappa shape index (κ2) is 4.79. The molecule has 0 aromatic heterocycles. The summed E-state index contributed by atoms with van der Waals surface area (Å²) < 4.78 is 0. The van der Waals surface area contributed by atoms with Crippen molar-refractivity contribution in [3.05, 3.63) is 34.9 Å². The summed E-state index contributed by atoms with van der Waals surface area (Å²) >= 11 is 0. The van der Waals surface area contributed by atoms with Crippen LogP contribution in [-0.4, -0.2) is 23.0 Å². The van der Waals surface area contributed by atoms with Crippen molar-refractivity contribution < 1.29 is 14.7 Å². The fourth-order valence-corrected chi connectivity index (χ4v) is 1.50. The highest BCUT2D eigenvalue weighted by Crippen LogP contribution is 2.13. The highest BCUT2D eigenvalue weighted by molar-refractivity contribution is 5.98. The van der Waals surface area contributed by atoms with Gasteiger partial charge in [0.25, 0.3) is 5.91 Å². The van der Waals surface area contributed by atoms with E-state index in [1.165, 1.54) is 6.92 Å². The Morgan fingerprint density at radius 2 is 1.75 bits per heavy atom. The fraction of sp³-hybridized carbons (Fsp3) is 0.333. The molecule has 0 fully saturated rings. The third-order valence-corrected chi connectivity index (χ3v) is 2.43. The van der Waals surface area contributed by atoms with Gasteiger partial charge in [0.05, 0.1) is 0 Å². The van der Waals surface area contributed by atoms with Gasteiger partial charge in [0, 0.05) is 5.56 Å². The van der Waals surface area contributed by atoms with Gasteiger partial charge in [-0.1, -0.05) is 18.2 Å². The molecule has 1 aromatic rings. The first kappa shape index (κ1) is 12.2. The first-order chi connectivity index (χ1) is 7.43. The van der Waals surface area contributed by atoms with Gasteiger partial charge in [-0.05, 0) is 31.9 Å². The van der Waals surface area contributed by atoms with E-state index in [9.17, 15) is 9.59 Å². The van der Waals surface area contributed by atoms with E-state index >= 15 is 0 Å². The van der Waals surface area contributed by atoms with Crippen LogP contribution in [0.4, 0.5) is 0 Å². The molecule has 1 aromatic carbocycles. The van der Waals surface area contributed by atoms with E-state index in [0.29, 0.717) is 5.56 Å². The quantitative estimate of drug-likeness (QED) is 0.813. The van der Waals surface area contributed by atoms with Crippen LogP contribution in [0.3, 0.4) is 0 Å². The highest BCUT2D eigenvalue weighted by atomic mass is 16.4. The van der Waals surface area contributed by atoms with Crippen molar-refractivity contribution in [1.29, 1.82) is 0 Å². The lowest BCUT2D eigenvalue weighted by molar-refractivity contribution is -0.138. The summed E-state index contributed by atoms with van der Waals surface area (Å²) in [6, 6.07) is 4.63. The van der Waals surface area contributed by atoms with Crippen LogP contribution < -0.4 is 5.32 Å². The van der Waals surface area contributed by atoms with Crippen LogP contribution in [0.5, 0.6) is 0 Å². The van der Waals surface area contributed by atoms with Crippen LogP contribution in [-0.2, 0) is 4.79 Å². The van der Waals surface area contributed by atoms with Crippen molar-refractivity contribution in [1.82, 2.24) is 5.32 Å². The Bertz CT molecular complexity index is 406. The average Bonchev–Trinajstić information content (AvgIpc) is 2.16. The van der Waals surface area contributed by atoms with Gasteiger partial charge in [-0.3, -0.25) is 9.59 Å². The second-order valence-corrected chi connectivity index (χ2v) is 3.80. The Morgan fingerprint density at radius 1 is 1.25 bits per heavy atom. The summed E-state index contributed by atoms with van der Waals surface area (Å²) in [4.78, 5) is 22.4. The first-order valence-corrected chi connectivity index (χ1v) is 5.03. The molecular formula is C12H15NO3. The zero-order valence-corrected chi connectivity index (χ0v) is 9.57. The van der Waals surface area contributed by atoms with Crippen LogP contribution in [0.2, 0.25) is 0 Å². The minimum absolute atomic E-state index is 0.342. The zero-order chi connectivity index (χ0) is 12.3. The van der Waals surface area contributed by atoms with Gasteiger partial charge in [-0.2, -0.15) is 0 Å². The molecule has 0 heterocycles. The molecule has 0 aliphatic carbocycles. The molecule has 4 nitrogen and oxygen atoms in total. The molecule has 0 aliphatic heterocycles. The van der Waals surface area contributed by atoms with Crippen molar-refractivity contribution in [2.45, 2.75) is 26.8 Å². The molecule has 1 unspecified atom stereocenters. The Hall–Kier alpha value is -1.84. The maximum Gasteiger partial charge on any atom is 0.325 e. The molecule has 1 atom stereocenters. The highest BCUT2D eigenvalue weighted by Gasteiger charge is 2.17. The summed E-state index contributed by atoms with van der Waals surface area (Å²) in [6.07, 6.45) is 0. The van der Waals surface area contributed by atoms with Gasteiger partial charge in [-0.25, -0.2) is 0 Å². The number of aliphatic carboxylic acids is 1. The van der Waals surface area contributed by atoms with Crippen LogP contribution >= 0.6 is 0 Å². The molecule has 4 heteroatoms. The van der Waals surface area contributed by atoms with Gasteiger partial charge in [-0.15, -0.1) is 0 Å². The normalized spacial score (nSPS) is 11.9. The van der Waals surface area contributed by atoms with Gasteiger partial charge in [0.15, 0.2) is 0 Å². The SMILES string of the molecule is Cc1cccc(C)c1C(=O)NC(C)C(=O)O. The molecule has 0 saturated heterocycles. The third kappa shape index (κ3) is 2.59. The Kier molecular flexibility index (Phi) is 3.66. The van der Waals surface area contributed by atoms with E-state index < -0.39 is 12.0 Å². The number of carbonyl (C=O) groups is 2. The summed E-state index contributed by atoms with van der Waals surface area (Å²) in [5, 5.41) is 11.1. The third-order valence-electron chi connectivity index (χ3n) is 2.43. The molecule has 16 heavy (non-hydrogen) atoms. The zero-order valence-electron chi connectivity index (χ0n) is 9.57. The molecule has 0 spiro atoms. The second-order valence-electron chi connectivity index (χ2n) is 3.80. The van der Waals surface area contributed by atoms with Gasteiger partial charge in [0.2, 0.25) is 0 Å². The summed E-state index contributed by atoms with van der Waals surface area (Å²) in [7, 11) is 0. The molecule has 0 aliphatic rings. The van der Waals surface area contributed by atoms with Crippen LogP contribution in [0.25, 0.3) is 0 Å². The van der Waals surface area contributed by atoms with Crippen molar-refractivity contribution >= 4 is 11.9 Å². The number of rotatable bonds is 3. The minimum atomic E-state index is -1.04. The summed E-state index contributed by atoms with van der Waals surface area (Å²) in [6.45, 7) is 5.09. The average molecular weight is 221 g/mol. The van der Waals surface area contributed by atoms with Crippen molar-refractivity contribution in [3.8, 4) is 0 Å². The number of amides is 1. The van der Waals surface area contributed by atoms with E-state index in [2.05, 4.69) is 5.32 Å². The largest absolute Gasteiger partial charge is 0.480 e. The Balaban J connectivity index is 2.93.